The van der Waals surface area contributed by atoms with Crippen LogP contribution in [-0.2, 0) is 6.61 Å². The number of phenols is 1. The van der Waals surface area contributed by atoms with Crippen molar-refractivity contribution in [3.8, 4) is 5.75 Å². The van der Waals surface area contributed by atoms with Gasteiger partial charge in [-0.25, -0.2) is 0 Å². The van der Waals surface area contributed by atoms with Gasteiger partial charge in [-0.1, -0.05) is 0 Å². The Kier molecular flexibility index (Phi) is 2.79. The van der Waals surface area contributed by atoms with E-state index in [0.29, 0.717) is 5.56 Å². The highest BCUT2D eigenvalue weighted by Gasteiger charge is 1.99. The number of aliphatic hydroxyl groups is 1. The van der Waals surface area contributed by atoms with Crippen molar-refractivity contribution in [2.45, 2.75) is 11.5 Å². The molecule has 3 heteroatoms. The van der Waals surface area contributed by atoms with E-state index < -0.39 is 0 Å². The maximum atomic E-state index is 9.16. The first-order chi connectivity index (χ1) is 5.27. The van der Waals surface area contributed by atoms with E-state index in [1.807, 2.05) is 12.3 Å². The minimum atomic E-state index is -0.111. The molecule has 0 aromatic heterocycles. The molecular formula is C8H10O2S. The smallest absolute Gasteiger partial charge is 0.121 e. The van der Waals surface area contributed by atoms with Gasteiger partial charge in [-0.15, -0.1) is 11.8 Å². The van der Waals surface area contributed by atoms with E-state index in [0.717, 1.165) is 4.90 Å². The van der Waals surface area contributed by atoms with Crippen LogP contribution in [-0.4, -0.2) is 16.5 Å². The van der Waals surface area contributed by atoms with Crippen molar-refractivity contribution in [1.82, 2.24) is 0 Å². The molecule has 0 aliphatic heterocycles. The van der Waals surface area contributed by atoms with Gasteiger partial charge in [0, 0.05) is 10.5 Å². The van der Waals surface area contributed by atoms with Gasteiger partial charge in [0.1, 0.15) is 5.75 Å². The number of rotatable bonds is 2. The first kappa shape index (κ1) is 8.43. The summed E-state index contributed by atoms with van der Waals surface area (Å²) >= 11 is 1.58. The summed E-state index contributed by atoms with van der Waals surface area (Å²) in [5.41, 5.74) is 0.580. The van der Waals surface area contributed by atoms with Gasteiger partial charge in [0.15, 0.2) is 0 Å². The molecule has 0 atom stereocenters. The lowest BCUT2D eigenvalue weighted by atomic mass is 10.2. The molecule has 0 spiro atoms. The third kappa shape index (κ3) is 1.88. The molecule has 0 aliphatic carbocycles. The highest BCUT2D eigenvalue weighted by molar-refractivity contribution is 7.98. The fourth-order valence-corrected chi connectivity index (χ4v) is 1.28. The second kappa shape index (κ2) is 3.64. The topological polar surface area (TPSA) is 40.5 Å². The highest BCUT2D eigenvalue weighted by atomic mass is 32.2. The minimum absolute atomic E-state index is 0.111. The lowest BCUT2D eigenvalue weighted by molar-refractivity contribution is 0.275. The van der Waals surface area contributed by atoms with Crippen LogP contribution in [0.1, 0.15) is 5.56 Å². The lowest BCUT2D eigenvalue weighted by Gasteiger charge is -2.02. The van der Waals surface area contributed by atoms with Crippen LogP contribution in [0.15, 0.2) is 23.1 Å². The van der Waals surface area contributed by atoms with Gasteiger partial charge in [0.25, 0.3) is 0 Å². The van der Waals surface area contributed by atoms with E-state index in [1.165, 1.54) is 0 Å². The zero-order valence-corrected chi connectivity index (χ0v) is 7.06. The van der Waals surface area contributed by atoms with Crippen LogP contribution in [0.3, 0.4) is 0 Å². The van der Waals surface area contributed by atoms with Crippen LogP contribution in [0.4, 0.5) is 0 Å². The van der Waals surface area contributed by atoms with Gasteiger partial charge in [-0.05, 0) is 24.5 Å². The molecule has 1 aromatic rings. The monoisotopic (exact) mass is 170 g/mol. The Balaban J connectivity index is 3.02. The number of aliphatic hydroxyl groups excluding tert-OH is 1. The van der Waals surface area contributed by atoms with Crippen LogP contribution < -0.4 is 0 Å². The number of hydrogen-bond donors (Lipinski definition) is 2. The fraction of sp³-hybridized carbons (Fsp3) is 0.250. The predicted octanol–water partition coefficient (Wildman–Crippen LogP) is 1.61. The number of benzene rings is 1. The van der Waals surface area contributed by atoms with Crippen molar-refractivity contribution in [1.29, 1.82) is 0 Å². The van der Waals surface area contributed by atoms with E-state index >= 15 is 0 Å². The zero-order chi connectivity index (χ0) is 8.27. The van der Waals surface area contributed by atoms with Crippen LogP contribution in [0.25, 0.3) is 0 Å². The molecule has 0 saturated carbocycles. The fourth-order valence-electron chi connectivity index (χ4n) is 0.815. The largest absolute Gasteiger partial charge is 0.508 e. The predicted molar refractivity (Wildman–Crippen MR) is 45.8 cm³/mol. The van der Waals surface area contributed by atoms with E-state index in [2.05, 4.69) is 0 Å². The number of aromatic hydroxyl groups is 1. The Morgan fingerprint density at radius 2 is 2.18 bits per heavy atom. The van der Waals surface area contributed by atoms with E-state index in [9.17, 15) is 0 Å². The maximum Gasteiger partial charge on any atom is 0.121 e. The molecule has 0 aliphatic rings. The molecule has 60 valence electrons. The number of thioether (sulfide) groups is 1. The van der Waals surface area contributed by atoms with Gasteiger partial charge in [0.05, 0.1) is 6.61 Å². The Hall–Kier alpha value is -0.670. The minimum Gasteiger partial charge on any atom is -0.508 e. The Bertz CT molecular complexity index is 248. The van der Waals surface area contributed by atoms with Crippen molar-refractivity contribution in [2.75, 3.05) is 6.26 Å². The Morgan fingerprint density at radius 1 is 1.45 bits per heavy atom. The molecule has 2 nitrogen and oxygen atoms in total. The van der Waals surface area contributed by atoms with Gasteiger partial charge in [-0.3, -0.25) is 0 Å². The zero-order valence-electron chi connectivity index (χ0n) is 6.24. The summed E-state index contributed by atoms with van der Waals surface area (Å²) < 4.78 is 0. The molecule has 11 heavy (non-hydrogen) atoms. The summed E-state index contributed by atoms with van der Waals surface area (Å²) in [5.74, 6) is 0.158. The summed E-state index contributed by atoms with van der Waals surface area (Å²) in [6.07, 6.45) is 1.95. The quantitative estimate of drug-likeness (QED) is 0.662. The second-order valence-electron chi connectivity index (χ2n) is 2.15. The maximum absolute atomic E-state index is 9.16. The average molecular weight is 170 g/mol. The number of hydrogen-bond acceptors (Lipinski definition) is 3. The second-order valence-corrected chi connectivity index (χ2v) is 3.03. The average Bonchev–Trinajstić information content (AvgIpc) is 2.05. The third-order valence-corrected chi connectivity index (χ3v) is 2.18. The van der Waals surface area contributed by atoms with Gasteiger partial charge in [-0.2, -0.15) is 0 Å². The van der Waals surface area contributed by atoms with Crippen molar-refractivity contribution in [3.05, 3.63) is 23.8 Å². The Labute approximate surface area is 69.9 Å². The van der Waals surface area contributed by atoms with Gasteiger partial charge < -0.3 is 10.2 Å². The molecule has 0 fully saturated rings. The Morgan fingerprint density at radius 3 is 2.73 bits per heavy atom. The highest BCUT2D eigenvalue weighted by Crippen LogP contribution is 2.23. The van der Waals surface area contributed by atoms with Crippen molar-refractivity contribution >= 4 is 11.8 Å². The van der Waals surface area contributed by atoms with E-state index in [1.54, 1.807) is 23.9 Å². The lowest BCUT2D eigenvalue weighted by Crippen LogP contribution is -1.83. The third-order valence-electron chi connectivity index (χ3n) is 1.46. The molecule has 2 N–H and O–H groups in total. The standard InChI is InChI=1S/C8H10O2S/c1-11-7-2-3-8(10)6(4-7)5-9/h2-4,9-10H,5H2,1H3. The molecule has 0 unspecified atom stereocenters. The van der Waals surface area contributed by atoms with Crippen LogP contribution in [0.5, 0.6) is 5.75 Å². The first-order valence-electron chi connectivity index (χ1n) is 3.24. The van der Waals surface area contributed by atoms with Crippen LogP contribution in [0.2, 0.25) is 0 Å². The molecule has 1 rings (SSSR count). The molecule has 0 amide bonds. The molecular weight excluding hydrogens is 160 g/mol. The van der Waals surface area contributed by atoms with E-state index in [4.69, 9.17) is 10.2 Å². The van der Waals surface area contributed by atoms with Crippen molar-refractivity contribution < 1.29 is 10.2 Å². The summed E-state index contributed by atoms with van der Waals surface area (Å²) in [4.78, 5) is 1.05. The summed E-state index contributed by atoms with van der Waals surface area (Å²) in [7, 11) is 0. The SMILES string of the molecule is CSc1ccc(O)c(CO)c1. The molecule has 0 heterocycles. The summed E-state index contributed by atoms with van der Waals surface area (Å²) in [5, 5.41) is 17.9. The molecule has 0 bridgehead atoms. The van der Waals surface area contributed by atoms with Crippen LogP contribution >= 0.6 is 11.8 Å². The van der Waals surface area contributed by atoms with E-state index in [-0.39, 0.29) is 12.4 Å². The first-order valence-corrected chi connectivity index (χ1v) is 4.47. The van der Waals surface area contributed by atoms with Crippen LogP contribution in [0, 0.1) is 0 Å². The summed E-state index contributed by atoms with van der Waals surface area (Å²) in [6.45, 7) is -0.111. The van der Waals surface area contributed by atoms with Gasteiger partial charge in [0.2, 0.25) is 0 Å². The molecule has 1 aromatic carbocycles. The normalized spacial score (nSPS) is 10.0. The van der Waals surface area contributed by atoms with Crippen molar-refractivity contribution in [3.63, 3.8) is 0 Å². The molecule has 0 radical (unpaired) electrons. The summed E-state index contributed by atoms with van der Waals surface area (Å²) in [6, 6.07) is 5.19. The van der Waals surface area contributed by atoms with Crippen molar-refractivity contribution in [2.24, 2.45) is 0 Å². The van der Waals surface area contributed by atoms with Gasteiger partial charge >= 0.3 is 0 Å². The molecule has 0 saturated heterocycles.